The van der Waals surface area contributed by atoms with Crippen LogP contribution in [-0.4, -0.2) is 26.2 Å². The fourth-order valence-electron chi connectivity index (χ4n) is 2.55. The summed E-state index contributed by atoms with van der Waals surface area (Å²) in [5.74, 6) is 0.409. The van der Waals surface area contributed by atoms with Gasteiger partial charge in [0.05, 0.1) is 0 Å². The molecule has 2 rings (SSSR count). The highest BCUT2D eigenvalue weighted by molar-refractivity contribution is 7.90. The highest BCUT2D eigenvalue weighted by atomic mass is 32.2. The van der Waals surface area contributed by atoms with E-state index in [1.165, 1.54) is 17.4 Å². The molecule has 1 aromatic heterocycles. The Balaban J connectivity index is 2.26. The van der Waals surface area contributed by atoms with Crippen LogP contribution in [0.25, 0.3) is 0 Å². The van der Waals surface area contributed by atoms with Gasteiger partial charge in [0.25, 0.3) is 0 Å². The van der Waals surface area contributed by atoms with E-state index in [0.29, 0.717) is 12.4 Å². The molecule has 1 N–H and O–H groups in total. The standard InChI is InChI=1S/C17H22N2O2S/c1-13-8-5-6-9-14(13)17(2,3)12-19-16-15(22(4,20)21)10-7-11-18-16/h5-11H,12H2,1-4H3,(H,18,19). The van der Waals surface area contributed by atoms with Gasteiger partial charge in [0, 0.05) is 24.4 Å². The highest BCUT2D eigenvalue weighted by Crippen LogP contribution is 2.27. The topological polar surface area (TPSA) is 59.1 Å². The van der Waals surface area contributed by atoms with Crippen LogP contribution in [0, 0.1) is 6.92 Å². The van der Waals surface area contributed by atoms with Crippen LogP contribution in [0.2, 0.25) is 0 Å². The second-order valence-corrected chi connectivity index (χ2v) is 8.16. The van der Waals surface area contributed by atoms with Gasteiger partial charge in [-0.2, -0.15) is 0 Å². The van der Waals surface area contributed by atoms with Crippen molar-refractivity contribution in [3.8, 4) is 0 Å². The maximum atomic E-state index is 11.8. The van der Waals surface area contributed by atoms with Crippen molar-refractivity contribution >= 4 is 15.7 Å². The summed E-state index contributed by atoms with van der Waals surface area (Å²) in [7, 11) is -3.30. The number of hydrogen-bond acceptors (Lipinski definition) is 4. The Labute approximate surface area is 132 Å². The van der Waals surface area contributed by atoms with Gasteiger partial charge in [-0.3, -0.25) is 0 Å². The number of aryl methyl sites for hydroxylation is 1. The molecule has 0 unspecified atom stereocenters. The average molecular weight is 318 g/mol. The summed E-state index contributed by atoms with van der Waals surface area (Å²) in [5, 5.41) is 3.20. The van der Waals surface area contributed by atoms with E-state index in [0.717, 1.165) is 0 Å². The summed E-state index contributed by atoms with van der Waals surface area (Å²) in [5.41, 5.74) is 2.32. The molecule has 1 aromatic carbocycles. The highest BCUT2D eigenvalue weighted by Gasteiger charge is 2.23. The van der Waals surface area contributed by atoms with Gasteiger partial charge in [-0.1, -0.05) is 38.1 Å². The van der Waals surface area contributed by atoms with Crippen molar-refractivity contribution in [1.82, 2.24) is 4.98 Å². The lowest BCUT2D eigenvalue weighted by Gasteiger charge is -2.28. The summed E-state index contributed by atoms with van der Waals surface area (Å²) in [6.07, 6.45) is 2.79. The monoisotopic (exact) mass is 318 g/mol. The van der Waals surface area contributed by atoms with Gasteiger partial charge in [-0.15, -0.1) is 0 Å². The molecule has 0 aliphatic carbocycles. The number of nitrogens with zero attached hydrogens (tertiary/aromatic N) is 1. The van der Waals surface area contributed by atoms with E-state index in [-0.39, 0.29) is 10.3 Å². The molecule has 118 valence electrons. The van der Waals surface area contributed by atoms with E-state index in [2.05, 4.69) is 43.2 Å². The lowest BCUT2D eigenvalue weighted by Crippen LogP contribution is -2.29. The normalized spacial score (nSPS) is 12.2. The van der Waals surface area contributed by atoms with Crippen molar-refractivity contribution in [1.29, 1.82) is 0 Å². The minimum atomic E-state index is -3.30. The van der Waals surface area contributed by atoms with E-state index in [1.807, 2.05) is 12.1 Å². The Bertz CT molecular complexity index is 768. The molecule has 0 fully saturated rings. The lowest BCUT2D eigenvalue weighted by molar-refractivity contribution is 0.551. The fourth-order valence-corrected chi connectivity index (χ4v) is 3.36. The SMILES string of the molecule is Cc1ccccc1C(C)(C)CNc1ncccc1S(C)(=O)=O. The predicted molar refractivity (Wildman–Crippen MR) is 90.0 cm³/mol. The number of aromatic nitrogens is 1. The van der Waals surface area contributed by atoms with Crippen molar-refractivity contribution < 1.29 is 8.42 Å². The number of pyridine rings is 1. The molecule has 4 nitrogen and oxygen atoms in total. The number of rotatable bonds is 5. The number of benzene rings is 1. The van der Waals surface area contributed by atoms with Gasteiger partial charge in [0.15, 0.2) is 9.84 Å². The number of hydrogen-bond donors (Lipinski definition) is 1. The maximum absolute atomic E-state index is 11.8. The molecule has 1 heterocycles. The van der Waals surface area contributed by atoms with Crippen molar-refractivity contribution in [2.75, 3.05) is 18.1 Å². The maximum Gasteiger partial charge on any atom is 0.179 e. The first kappa shape index (κ1) is 16.5. The molecule has 0 radical (unpaired) electrons. The fraction of sp³-hybridized carbons (Fsp3) is 0.353. The smallest absolute Gasteiger partial charge is 0.179 e. The molecule has 0 aliphatic heterocycles. The molecule has 0 saturated heterocycles. The Hall–Kier alpha value is -1.88. The molecule has 0 atom stereocenters. The van der Waals surface area contributed by atoms with Crippen molar-refractivity contribution in [3.05, 3.63) is 53.7 Å². The summed E-state index contributed by atoms with van der Waals surface area (Å²) in [6.45, 7) is 6.94. The predicted octanol–water partition coefficient (Wildman–Crippen LogP) is 3.18. The molecule has 0 saturated carbocycles. The van der Waals surface area contributed by atoms with Gasteiger partial charge in [0.1, 0.15) is 10.7 Å². The number of anilines is 1. The van der Waals surface area contributed by atoms with Crippen molar-refractivity contribution in [2.24, 2.45) is 0 Å². The van der Waals surface area contributed by atoms with Crippen LogP contribution in [0.5, 0.6) is 0 Å². The van der Waals surface area contributed by atoms with Crippen LogP contribution in [0.15, 0.2) is 47.5 Å². The second kappa shape index (κ2) is 6.08. The van der Waals surface area contributed by atoms with Gasteiger partial charge >= 0.3 is 0 Å². The van der Waals surface area contributed by atoms with E-state index in [9.17, 15) is 8.42 Å². The third-order valence-corrected chi connectivity index (χ3v) is 4.87. The molecular weight excluding hydrogens is 296 g/mol. The first-order chi connectivity index (χ1) is 10.2. The molecule has 5 heteroatoms. The number of nitrogens with one attached hydrogen (secondary N) is 1. The zero-order valence-corrected chi connectivity index (χ0v) is 14.2. The third-order valence-electron chi connectivity index (χ3n) is 3.74. The molecule has 0 amide bonds. The molecular formula is C17H22N2O2S. The third kappa shape index (κ3) is 3.65. The molecule has 2 aromatic rings. The Kier molecular flexibility index (Phi) is 4.56. The van der Waals surface area contributed by atoms with E-state index >= 15 is 0 Å². The largest absolute Gasteiger partial charge is 0.368 e. The van der Waals surface area contributed by atoms with Crippen molar-refractivity contribution in [3.63, 3.8) is 0 Å². The quantitative estimate of drug-likeness (QED) is 0.920. The van der Waals surface area contributed by atoms with Gasteiger partial charge in [-0.05, 0) is 30.2 Å². The van der Waals surface area contributed by atoms with Gasteiger partial charge < -0.3 is 5.32 Å². The van der Waals surface area contributed by atoms with Crippen molar-refractivity contribution in [2.45, 2.75) is 31.1 Å². The zero-order chi connectivity index (χ0) is 16.4. The zero-order valence-electron chi connectivity index (χ0n) is 13.4. The van der Waals surface area contributed by atoms with Gasteiger partial charge in [-0.25, -0.2) is 13.4 Å². The lowest BCUT2D eigenvalue weighted by atomic mass is 9.82. The summed E-state index contributed by atoms with van der Waals surface area (Å²) in [4.78, 5) is 4.41. The first-order valence-electron chi connectivity index (χ1n) is 7.17. The molecule has 22 heavy (non-hydrogen) atoms. The molecule has 0 spiro atoms. The van der Waals surface area contributed by atoms with Crippen LogP contribution in [0.1, 0.15) is 25.0 Å². The van der Waals surface area contributed by atoms with E-state index < -0.39 is 9.84 Å². The van der Waals surface area contributed by atoms with Crippen LogP contribution in [0.4, 0.5) is 5.82 Å². The van der Waals surface area contributed by atoms with Gasteiger partial charge in [0.2, 0.25) is 0 Å². The molecule has 0 aliphatic rings. The minimum Gasteiger partial charge on any atom is -0.368 e. The second-order valence-electron chi connectivity index (χ2n) is 6.17. The average Bonchev–Trinajstić information content (AvgIpc) is 2.45. The Morgan fingerprint density at radius 2 is 1.82 bits per heavy atom. The summed E-state index contributed by atoms with van der Waals surface area (Å²) >= 11 is 0. The Morgan fingerprint density at radius 1 is 1.14 bits per heavy atom. The van der Waals surface area contributed by atoms with Crippen LogP contribution < -0.4 is 5.32 Å². The Morgan fingerprint density at radius 3 is 2.45 bits per heavy atom. The van der Waals surface area contributed by atoms with Crippen LogP contribution in [-0.2, 0) is 15.3 Å². The summed E-state index contributed by atoms with van der Waals surface area (Å²) < 4.78 is 23.6. The van der Waals surface area contributed by atoms with E-state index in [1.54, 1.807) is 18.3 Å². The minimum absolute atomic E-state index is 0.141. The molecule has 0 bridgehead atoms. The van der Waals surface area contributed by atoms with E-state index in [4.69, 9.17) is 0 Å². The number of sulfone groups is 1. The summed E-state index contributed by atoms with van der Waals surface area (Å²) in [6, 6.07) is 11.4. The van der Waals surface area contributed by atoms with Crippen LogP contribution >= 0.6 is 0 Å². The van der Waals surface area contributed by atoms with Crippen LogP contribution in [0.3, 0.4) is 0 Å². The first-order valence-corrected chi connectivity index (χ1v) is 9.06.